The number of amides is 4. The molecule has 2 aliphatic heterocycles. The summed E-state index contributed by atoms with van der Waals surface area (Å²) < 4.78 is 0. The molecule has 0 fully saturated rings. The Labute approximate surface area is 201 Å². The number of unbranched alkanes of at least 4 members (excludes halogenated alkanes) is 4. The van der Waals surface area contributed by atoms with Gasteiger partial charge in [0.25, 0.3) is 23.6 Å². The minimum absolute atomic E-state index is 0.218. The van der Waals surface area contributed by atoms with E-state index in [2.05, 4.69) is 13.8 Å². The van der Waals surface area contributed by atoms with Gasteiger partial charge in [0, 0.05) is 45.1 Å². The Morgan fingerprint density at radius 2 is 0.853 bits per heavy atom. The van der Waals surface area contributed by atoms with Crippen molar-refractivity contribution >= 4 is 34.4 Å². The molecule has 0 aliphatic carbocycles. The van der Waals surface area contributed by atoms with E-state index in [9.17, 15) is 19.2 Å². The minimum Gasteiger partial charge on any atom is -0.272 e. The third-order valence-corrected chi connectivity index (χ3v) is 7.29. The van der Waals surface area contributed by atoms with Gasteiger partial charge in [0.05, 0.1) is 0 Å². The average Bonchev–Trinajstić information content (AvgIpc) is 2.81. The fraction of sp³-hybridized carbons (Fsp3) is 0.500. The molecule has 0 bridgehead atoms. The lowest BCUT2D eigenvalue weighted by Gasteiger charge is -2.35. The van der Waals surface area contributed by atoms with Crippen molar-refractivity contribution in [2.75, 3.05) is 0 Å². The predicted octanol–water partition coefficient (Wildman–Crippen LogP) is 5.97. The molecule has 180 valence electrons. The normalized spacial score (nSPS) is 17.1. The number of benzene rings is 2. The Kier molecular flexibility index (Phi) is 6.87. The molecule has 2 aliphatic rings. The zero-order valence-corrected chi connectivity index (χ0v) is 20.6. The van der Waals surface area contributed by atoms with Gasteiger partial charge in [0.2, 0.25) is 0 Å². The van der Waals surface area contributed by atoms with Crippen LogP contribution in [-0.2, 0) is 0 Å². The summed E-state index contributed by atoms with van der Waals surface area (Å²) in [5.41, 5.74) is 1.57. The van der Waals surface area contributed by atoms with E-state index < -0.39 is 0 Å². The summed E-state index contributed by atoms with van der Waals surface area (Å²) in [6.07, 6.45) is 7.64. The molecule has 0 spiro atoms. The Bertz CT molecular complexity index is 1010. The average molecular weight is 463 g/mol. The summed E-state index contributed by atoms with van der Waals surface area (Å²) in [7, 11) is 0. The first-order valence-electron chi connectivity index (χ1n) is 12.7. The lowest BCUT2D eigenvalue weighted by molar-refractivity contribution is 0.0520. The van der Waals surface area contributed by atoms with Gasteiger partial charge in [-0.3, -0.25) is 29.0 Å². The van der Waals surface area contributed by atoms with Crippen molar-refractivity contribution in [3.05, 3.63) is 46.5 Å². The second kappa shape index (κ2) is 9.69. The quantitative estimate of drug-likeness (QED) is 0.322. The van der Waals surface area contributed by atoms with Crippen LogP contribution in [0.5, 0.6) is 0 Å². The van der Waals surface area contributed by atoms with Crippen molar-refractivity contribution in [2.24, 2.45) is 0 Å². The van der Waals surface area contributed by atoms with Crippen LogP contribution in [0.1, 0.15) is 120 Å². The summed E-state index contributed by atoms with van der Waals surface area (Å²) in [5, 5.41) is 0.893. The molecule has 2 aromatic carbocycles. The summed E-state index contributed by atoms with van der Waals surface area (Å²) in [5.74, 6) is -1.39. The van der Waals surface area contributed by atoms with Gasteiger partial charge in [-0.05, 0) is 51.0 Å². The van der Waals surface area contributed by atoms with E-state index in [0.29, 0.717) is 33.0 Å². The van der Waals surface area contributed by atoms with Crippen LogP contribution in [0.4, 0.5) is 0 Å². The van der Waals surface area contributed by atoms with Crippen molar-refractivity contribution in [3.63, 3.8) is 0 Å². The van der Waals surface area contributed by atoms with Crippen LogP contribution in [0.2, 0.25) is 0 Å². The molecule has 6 heteroatoms. The highest BCUT2D eigenvalue weighted by Crippen LogP contribution is 2.39. The number of rotatable bonds is 10. The molecule has 0 N–H and O–H groups in total. The molecule has 6 nitrogen and oxygen atoms in total. The lowest BCUT2D eigenvalue weighted by Crippen LogP contribution is -2.48. The standard InChI is InChI=1S/C28H34N2O4/c1-5-7-9-11-17(3)29-25(31)19-13-15-21-24-22(16-14-20(23(19)24)26(29)32)28(34)30(27(21)33)18(4)12-10-8-6-2/h13-18H,5-12H2,1-4H3/t17-,18-/m0/s1. The zero-order valence-electron chi connectivity index (χ0n) is 20.6. The highest BCUT2D eigenvalue weighted by atomic mass is 16.2. The summed E-state index contributed by atoms with van der Waals surface area (Å²) >= 11 is 0. The highest BCUT2D eigenvalue weighted by molar-refractivity contribution is 6.33. The number of nitrogens with zero attached hydrogens (tertiary/aromatic N) is 2. The maximum atomic E-state index is 13.4. The fourth-order valence-electron chi connectivity index (χ4n) is 5.35. The third kappa shape index (κ3) is 3.83. The summed E-state index contributed by atoms with van der Waals surface area (Å²) in [6, 6.07) is 6.17. The van der Waals surface area contributed by atoms with Crippen LogP contribution >= 0.6 is 0 Å². The molecule has 0 radical (unpaired) electrons. The van der Waals surface area contributed by atoms with Gasteiger partial charge in [0.1, 0.15) is 0 Å². The maximum Gasteiger partial charge on any atom is 0.261 e. The Balaban J connectivity index is 1.75. The molecule has 0 saturated carbocycles. The van der Waals surface area contributed by atoms with Gasteiger partial charge in [-0.1, -0.05) is 52.4 Å². The molecular formula is C28H34N2O4. The van der Waals surface area contributed by atoms with Crippen LogP contribution in [0.25, 0.3) is 10.8 Å². The molecule has 4 rings (SSSR count). The van der Waals surface area contributed by atoms with Gasteiger partial charge in [-0.2, -0.15) is 0 Å². The van der Waals surface area contributed by atoms with Crippen LogP contribution in [0.15, 0.2) is 24.3 Å². The Morgan fingerprint density at radius 3 is 1.12 bits per heavy atom. The van der Waals surface area contributed by atoms with E-state index in [-0.39, 0.29) is 35.7 Å². The second-order valence-electron chi connectivity index (χ2n) is 9.72. The number of carbonyl (C=O) groups excluding carboxylic acids is 4. The molecule has 0 unspecified atom stereocenters. The maximum absolute atomic E-state index is 13.4. The molecule has 4 amide bonds. The van der Waals surface area contributed by atoms with Gasteiger partial charge < -0.3 is 0 Å². The van der Waals surface area contributed by atoms with E-state index >= 15 is 0 Å². The topological polar surface area (TPSA) is 74.8 Å². The largest absolute Gasteiger partial charge is 0.272 e. The number of imide groups is 2. The Hall–Kier alpha value is -3.02. The molecule has 0 aromatic heterocycles. The van der Waals surface area contributed by atoms with Crippen molar-refractivity contribution in [3.8, 4) is 0 Å². The summed E-state index contributed by atoms with van der Waals surface area (Å²) in [4.78, 5) is 56.4. The molecule has 2 heterocycles. The minimum atomic E-state index is -0.347. The van der Waals surface area contributed by atoms with Crippen molar-refractivity contribution in [2.45, 2.75) is 91.1 Å². The number of carbonyl (C=O) groups is 4. The zero-order chi connectivity index (χ0) is 24.6. The molecule has 2 aromatic rings. The van der Waals surface area contributed by atoms with Crippen LogP contribution in [0.3, 0.4) is 0 Å². The lowest BCUT2D eigenvalue weighted by atomic mass is 9.85. The van der Waals surface area contributed by atoms with Crippen molar-refractivity contribution in [1.29, 1.82) is 0 Å². The van der Waals surface area contributed by atoms with Crippen LogP contribution < -0.4 is 0 Å². The molecular weight excluding hydrogens is 428 g/mol. The second-order valence-corrected chi connectivity index (χ2v) is 9.72. The smallest absolute Gasteiger partial charge is 0.261 e. The predicted molar refractivity (Wildman–Crippen MR) is 132 cm³/mol. The monoisotopic (exact) mass is 462 g/mol. The van der Waals surface area contributed by atoms with Gasteiger partial charge in [-0.15, -0.1) is 0 Å². The van der Waals surface area contributed by atoms with Crippen molar-refractivity contribution < 1.29 is 19.2 Å². The van der Waals surface area contributed by atoms with Crippen LogP contribution in [0, 0.1) is 0 Å². The summed E-state index contributed by atoms with van der Waals surface area (Å²) in [6.45, 7) is 8.05. The molecule has 2 atom stereocenters. The highest BCUT2D eigenvalue weighted by Gasteiger charge is 2.41. The first-order chi connectivity index (χ1) is 16.3. The van der Waals surface area contributed by atoms with E-state index in [4.69, 9.17) is 0 Å². The van der Waals surface area contributed by atoms with E-state index in [1.807, 2.05) is 13.8 Å². The van der Waals surface area contributed by atoms with Crippen molar-refractivity contribution in [1.82, 2.24) is 9.80 Å². The first-order valence-corrected chi connectivity index (χ1v) is 12.7. The van der Waals surface area contributed by atoms with E-state index in [1.54, 1.807) is 24.3 Å². The Morgan fingerprint density at radius 1 is 0.559 bits per heavy atom. The van der Waals surface area contributed by atoms with Crippen LogP contribution in [-0.4, -0.2) is 45.5 Å². The van der Waals surface area contributed by atoms with E-state index in [1.165, 1.54) is 9.80 Å². The van der Waals surface area contributed by atoms with E-state index in [0.717, 1.165) is 51.4 Å². The molecule has 0 saturated heterocycles. The third-order valence-electron chi connectivity index (χ3n) is 7.29. The fourth-order valence-corrected chi connectivity index (χ4v) is 5.35. The van der Waals surface area contributed by atoms with Gasteiger partial charge in [0.15, 0.2) is 0 Å². The molecule has 34 heavy (non-hydrogen) atoms. The number of hydrogen-bond donors (Lipinski definition) is 0. The SMILES string of the molecule is CCCCC[C@H](C)N1C(=O)c2ccc3c4c(ccc(c24)C1=O)C(=O)N([C@@H](C)CCCCC)C3=O. The van der Waals surface area contributed by atoms with Gasteiger partial charge in [-0.25, -0.2) is 0 Å². The first kappa shape index (κ1) is 24.1. The van der Waals surface area contributed by atoms with Gasteiger partial charge >= 0.3 is 0 Å². The number of hydrogen-bond acceptors (Lipinski definition) is 4.